The highest BCUT2D eigenvalue weighted by Gasteiger charge is 2.23. The van der Waals surface area contributed by atoms with Crippen molar-refractivity contribution in [1.29, 1.82) is 0 Å². The highest BCUT2D eigenvalue weighted by molar-refractivity contribution is 9.10. The molecule has 0 aliphatic carbocycles. The molecule has 0 saturated carbocycles. The molecular formula is C13H18BrNO3. The second-order valence-corrected chi connectivity index (χ2v) is 5.29. The summed E-state index contributed by atoms with van der Waals surface area (Å²) < 4.78 is 11.7. The van der Waals surface area contributed by atoms with Crippen molar-refractivity contribution in [3.63, 3.8) is 0 Å². The quantitative estimate of drug-likeness (QED) is 0.871. The Balaban J connectivity index is 2.13. The van der Waals surface area contributed by atoms with Gasteiger partial charge in [-0.2, -0.15) is 0 Å². The Kier molecular flexibility index (Phi) is 5.00. The Labute approximate surface area is 115 Å². The summed E-state index contributed by atoms with van der Waals surface area (Å²) in [6.07, 6.45) is 0.893. The molecule has 2 N–H and O–H groups in total. The zero-order chi connectivity index (χ0) is 13.0. The average Bonchev–Trinajstić information content (AvgIpc) is 2.38. The van der Waals surface area contributed by atoms with Gasteiger partial charge in [0.1, 0.15) is 5.75 Å². The summed E-state index contributed by atoms with van der Waals surface area (Å²) in [7, 11) is 1.64. The molecule has 18 heavy (non-hydrogen) atoms. The van der Waals surface area contributed by atoms with E-state index < -0.39 is 0 Å². The average molecular weight is 316 g/mol. The Hall–Kier alpha value is -0.620. The van der Waals surface area contributed by atoms with Crippen molar-refractivity contribution in [2.75, 3.05) is 26.9 Å². The van der Waals surface area contributed by atoms with Crippen LogP contribution in [0.1, 0.15) is 18.0 Å². The number of halogens is 1. The number of aliphatic hydroxyl groups is 1. The predicted octanol–water partition coefficient (Wildman–Crippen LogP) is 1.87. The van der Waals surface area contributed by atoms with Crippen LogP contribution in [0.3, 0.4) is 0 Å². The van der Waals surface area contributed by atoms with Crippen LogP contribution < -0.4 is 10.1 Å². The maximum absolute atomic E-state index is 9.31. The van der Waals surface area contributed by atoms with E-state index in [0.717, 1.165) is 22.2 Å². The predicted molar refractivity (Wildman–Crippen MR) is 72.9 cm³/mol. The molecule has 4 nitrogen and oxygen atoms in total. The van der Waals surface area contributed by atoms with E-state index in [1.54, 1.807) is 7.11 Å². The van der Waals surface area contributed by atoms with Crippen LogP contribution in [0.25, 0.3) is 0 Å². The third-order valence-electron chi connectivity index (χ3n) is 3.04. The van der Waals surface area contributed by atoms with Crippen molar-refractivity contribution in [3.8, 4) is 5.75 Å². The number of fused-ring (bicyclic) bond motifs is 1. The van der Waals surface area contributed by atoms with E-state index in [4.69, 9.17) is 9.47 Å². The van der Waals surface area contributed by atoms with Crippen LogP contribution in [-0.2, 0) is 4.74 Å². The summed E-state index contributed by atoms with van der Waals surface area (Å²) in [6.45, 7) is 1.25. The first-order valence-electron chi connectivity index (χ1n) is 6.02. The molecule has 1 aliphatic heterocycles. The van der Waals surface area contributed by atoms with Crippen LogP contribution >= 0.6 is 15.9 Å². The molecule has 0 radical (unpaired) electrons. The Morgan fingerprint density at radius 2 is 2.44 bits per heavy atom. The number of ether oxygens (including phenoxy) is 2. The van der Waals surface area contributed by atoms with E-state index in [0.29, 0.717) is 13.2 Å². The molecule has 0 amide bonds. The third kappa shape index (κ3) is 3.23. The smallest absolute Gasteiger partial charge is 0.124 e. The lowest BCUT2D eigenvalue weighted by atomic mass is 10.00. The first kappa shape index (κ1) is 13.8. The van der Waals surface area contributed by atoms with Gasteiger partial charge in [-0.25, -0.2) is 0 Å². The van der Waals surface area contributed by atoms with Gasteiger partial charge in [-0.3, -0.25) is 0 Å². The van der Waals surface area contributed by atoms with Crippen molar-refractivity contribution >= 4 is 15.9 Å². The third-order valence-corrected chi connectivity index (χ3v) is 3.53. The lowest BCUT2D eigenvalue weighted by Crippen LogP contribution is -2.40. The van der Waals surface area contributed by atoms with Gasteiger partial charge < -0.3 is 19.9 Å². The van der Waals surface area contributed by atoms with Crippen molar-refractivity contribution in [1.82, 2.24) is 5.32 Å². The molecule has 0 spiro atoms. The number of hydrogen-bond donors (Lipinski definition) is 2. The summed E-state index contributed by atoms with van der Waals surface area (Å²) in [5.41, 5.74) is 1.13. The van der Waals surface area contributed by atoms with Crippen molar-refractivity contribution in [2.24, 2.45) is 0 Å². The van der Waals surface area contributed by atoms with Gasteiger partial charge in [0.05, 0.1) is 25.9 Å². The van der Waals surface area contributed by atoms with E-state index in [9.17, 15) is 5.11 Å². The van der Waals surface area contributed by atoms with Gasteiger partial charge in [0.2, 0.25) is 0 Å². The number of rotatable bonds is 5. The maximum Gasteiger partial charge on any atom is 0.124 e. The number of aliphatic hydroxyl groups excluding tert-OH is 1. The van der Waals surface area contributed by atoms with Gasteiger partial charge in [-0.05, 0) is 18.2 Å². The maximum atomic E-state index is 9.31. The lowest BCUT2D eigenvalue weighted by Gasteiger charge is -2.30. The fourth-order valence-corrected chi connectivity index (χ4v) is 2.56. The summed E-state index contributed by atoms with van der Waals surface area (Å²) in [4.78, 5) is 0. The first-order chi connectivity index (χ1) is 8.74. The Morgan fingerprint density at radius 1 is 1.61 bits per heavy atom. The molecular weight excluding hydrogens is 298 g/mol. The van der Waals surface area contributed by atoms with E-state index >= 15 is 0 Å². The second-order valence-electron chi connectivity index (χ2n) is 4.37. The summed E-state index contributed by atoms with van der Waals surface area (Å²) in [5, 5.41) is 12.7. The normalized spacial score (nSPS) is 20.1. The lowest BCUT2D eigenvalue weighted by molar-refractivity contribution is 0.116. The molecule has 0 fully saturated rings. The molecule has 1 aliphatic rings. The molecule has 1 aromatic carbocycles. The first-order valence-corrected chi connectivity index (χ1v) is 6.82. The van der Waals surface area contributed by atoms with E-state index in [1.807, 2.05) is 12.1 Å². The zero-order valence-corrected chi connectivity index (χ0v) is 11.9. The SMILES string of the molecule is COCC(CO)NC1CCOc2ccc(Br)cc21. The molecule has 1 heterocycles. The molecule has 5 heteroatoms. The van der Waals surface area contributed by atoms with Crippen LogP contribution in [0.2, 0.25) is 0 Å². The van der Waals surface area contributed by atoms with Crippen LogP contribution in [-0.4, -0.2) is 38.1 Å². The molecule has 0 saturated heterocycles. The van der Waals surface area contributed by atoms with Crippen LogP contribution in [0, 0.1) is 0 Å². The minimum absolute atomic E-state index is 0.0510. The zero-order valence-electron chi connectivity index (χ0n) is 10.4. The molecule has 0 aromatic heterocycles. The van der Waals surface area contributed by atoms with E-state index in [2.05, 4.69) is 27.3 Å². The monoisotopic (exact) mass is 315 g/mol. The highest BCUT2D eigenvalue weighted by Crippen LogP contribution is 2.34. The minimum atomic E-state index is -0.0510. The topological polar surface area (TPSA) is 50.7 Å². The Bertz CT molecular complexity index is 400. The van der Waals surface area contributed by atoms with Crippen LogP contribution in [0.4, 0.5) is 0 Å². The summed E-state index contributed by atoms with van der Waals surface area (Å²) in [5.74, 6) is 0.913. The molecule has 2 atom stereocenters. The van der Waals surface area contributed by atoms with Gasteiger partial charge in [0.15, 0.2) is 0 Å². The van der Waals surface area contributed by atoms with Crippen molar-refractivity contribution in [3.05, 3.63) is 28.2 Å². The number of benzene rings is 1. The fourth-order valence-electron chi connectivity index (χ4n) is 2.18. The molecule has 2 rings (SSSR count). The second kappa shape index (κ2) is 6.52. The number of nitrogens with one attached hydrogen (secondary N) is 1. The molecule has 2 unspecified atom stereocenters. The van der Waals surface area contributed by atoms with Crippen molar-refractivity contribution in [2.45, 2.75) is 18.5 Å². The molecule has 100 valence electrons. The Morgan fingerprint density at radius 3 is 3.17 bits per heavy atom. The van der Waals surface area contributed by atoms with Gasteiger partial charge in [-0.1, -0.05) is 15.9 Å². The largest absolute Gasteiger partial charge is 0.493 e. The minimum Gasteiger partial charge on any atom is -0.493 e. The highest BCUT2D eigenvalue weighted by atomic mass is 79.9. The van der Waals surface area contributed by atoms with Gasteiger partial charge in [-0.15, -0.1) is 0 Å². The standard InChI is InChI=1S/C13H18BrNO3/c1-17-8-10(7-16)15-12-4-5-18-13-3-2-9(14)6-11(12)13/h2-3,6,10,12,15-16H,4-5,7-8H2,1H3. The summed E-state index contributed by atoms with van der Waals surface area (Å²) >= 11 is 3.47. The van der Waals surface area contributed by atoms with Crippen LogP contribution in [0.5, 0.6) is 5.75 Å². The number of methoxy groups -OCH3 is 1. The van der Waals surface area contributed by atoms with E-state index in [1.165, 1.54) is 0 Å². The van der Waals surface area contributed by atoms with E-state index in [-0.39, 0.29) is 18.7 Å². The summed E-state index contributed by atoms with van der Waals surface area (Å²) in [6, 6.07) is 6.15. The number of hydrogen-bond acceptors (Lipinski definition) is 4. The van der Waals surface area contributed by atoms with Gasteiger partial charge in [0.25, 0.3) is 0 Å². The molecule has 0 bridgehead atoms. The molecule has 1 aromatic rings. The van der Waals surface area contributed by atoms with Gasteiger partial charge >= 0.3 is 0 Å². The van der Waals surface area contributed by atoms with Crippen molar-refractivity contribution < 1.29 is 14.6 Å². The van der Waals surface area contributed by atoms with Gasteiger partial charge in [0, 0.05) is 29.6 Å². The van der Waals surface area contributed by atoms with Crippen LogP contribution in [0.15, 0.2) is 22.7 Å². The fraction of sp³-hybridized carbons (Fsp3) is 0.538.